The molecule has 0 amide bonds. The van der Waals surface area contributed by atoms with E-state index in [0.29, 0.717) is 6.42 Å². The Labute approximate surface area is 228 Å². The summed E-state index contributed by atoms with van der Waals surface area (Å²) in [7, 11) is 2.88. The molecule has 0 unspecified atom stereocenters. The predicted octanol–water partition coefficient (Wildman–Crippen LogP) is 5.37. The SMILES string of the molecule is COC(=O)[C@]12CCC(C)(C)C=C1C1=CC[C@@H]3[C@@]4(C)C[C@@H](O)[C@H](O)[C@](C)(C(=O)OC)[C@H]4CC[C@@]3(C)[C@]1(C)CC2. The Balaban J connectivity index is 1.65. The van der Waals surface area contributed by atoms with Crippen LogP contribution in [-0.2, 0) is 19.1 Å². The van der Waals surface area contributed by atoms with Crippen LogP contribution in [0.2, 0.25) is 0 Å². The molecular formula is C32H48O6. The van der Waals surface area contributed by atoms with Crippen LogP contribution in [0.5, 0.6) is 0 Å². The minimum Gasteiger partial charge on any atom is -0.469 e. The largest absolute Gasteiger partial charge is 0.469 e. The molecule has 0 aromatic rings. The highest BCUT2D eigenvalue weighted by Crippen LogP contribution is 2.75. The monoisotopic (exact) mass is 528 g/mol. The van der Waals surface area contributed by atoms with E-state index in [-0.39, 0.29) is 39.5 Å². The van der Waals surface area contributed by atoms with Crippen molar-refractivity contribution in [3.8, 4) is 0 Å². The average molecular weight is 529 g/mol. The molecule has 0 spiro atoms. The molecule has 0 aliphatic heterocycles. The Hall–Kier alpha value is -1.66. The first-order valence-corrected chi connectivity index (χ1v) is 14.5. The second-order valence-electron chi connectivity index (χ2n) is 14.9. The fourth-order valence-corrected chi connectivity index (χ4v) is 10.5. The fraction of sp³-hybridized carbons (Fsp3) is 0.812. The quantitative estimate of drug-likeness (QED) is 0.469. The van der Waals surface area contributed by atoms with Crippen LogP contribution in [0.4, 0.5) is 0 Å². The Kier molecular flexibility index (Phi) is 6.18. The number of aliphatic hydroxyl groups is 2. The molecule has 0 saturated heterocycles. The molecule has 2 N–H and O–H groups in total. The van der Waals surface area contributed by atoms with Gasteiger partial charge >= 0.3 is 11.9 Å². The van der Waals surface area contributed by atoms with Crippen LogP contribution < -0.4 is 0 Å². The van der Waals surface area contributed by atoms with Crippen molar-refractivity contribution < 1.29 is 29.3 Å². The van der Waals surface area contributed by atoms with E-state index in [1.54, 1.807) is 6.92 Å². The van der Waals surface area contributed by atoms with Gasteiger partial charge in [0, 0.05) is 0 Å². The Bertz CT molecular complexity index is 1110. The number of hydrogen-bond acceptors (Lipinski definition) is 6. The summed E-state index contributed by atoms with van der Waals surface area (Å²) in [5.74, 6) is -0.417. The number of carbonyl (C=O) groups is 2. The van der Waals surface area contributed by atoms with Gasteiger partial charge in [0.15, 0.2) is 0 Å². The summed E-state index contributed by atoms with van der Waals surface area (Å²) in [6, 6.07) is 0. The number of fused-ring (bicyclic) bond motifs is 7. The fourth-order valence-electron chi connectivity index (χ4n) is 10.5. The van der Waals surface area contributed by atoms with Crippen molar-refractivity contribution in [1.29, 1.82) is 0 Å². The van der Waals surface area contributed by atoms with Gasteiger partial charge in [-0.2, -0.15) is 0 Å². The second kappa shape index (κ2) is 8.42. The number of allylic oxidation sites excluding steroid dienone is 3. The molecule has 0 bridgehead atoms. The van der Waals surface area contributed by atoms with Gasteiger partial charge < -0.3 is 19.7 Å². The Morgan fingerprint density at radius 3 is 2.11 bits per heavy atom. The van der Waals surface area contributed by atoms with E-state index >= 15 is 0 Å². The third-order valence-electron chi connectivity index (χ3n) is 12.9. The summed E-state index contributed by atoms with van der Waals surface area (Å²) in [6.45, 7) is 13.4. The molecule has 9 atom stereocenters. The zero-order valence-electron chi connectivity index (χ0n) is 24.6. The number of hydrogen-bond donors (Lipinski definition) is 2. The minimum absolute atomic E-state index is 0.0132. The van der Waals surface area contributed by atoms with Crippen molar-refractivity contribution in [3.63, 3.8) is 0 Å². The summed E-state index contributed by atoms with van der Waals surface area (Å²) in [6.07, 6.45) is 9.06. The van der Waals surface area contributed by atoms with Crippen LogP contribution in [0.25, 0.3) is 0 Å². The van der Waals surface area contributed by atoms with Crippen molar-refractivity contribution in [2.75, 3.05) is 14.2 Å². The van der Waals surface area contributed by atoms with Crippen LogP contribution >= 0.6 is 0 Å². The number of carbonyl (C=O) groups excluding carboxylic acids is 2. The van der Waals surface area contributed by atoms with E-state index in [1.807, 2.05) is 0 Å². The van der Waals surface area contributed by atoms with Crippen molar-refractivity contribution in [3.05, 3.63) is 23.3 Å². The number of methoxy groups -OCH3 is 2. The Morgan fingerprint density at radius 2 is 1.47 bits per heavy atom. The van der Waals surface area contributed by atoms with Crippen molar-refractivity contribution in [1.82, 2.24) is 0 Å². The zero-order valence-corrected chi connectivity index (χ0v) is 24.6. The molecule has 3 fully saturated rings. The number of aliphatic hydroxyl groups excluding tert-OH is 2. The van der Waals surface area contributed by atoms with Gasteiger partial charge in [-0.05, 0) is 103 Å². The smallest absolute Gasteiger partial charge is 0.316 e. The van der Waals surface area contributed by atoms with Gasteiger partial charge in [0.25, 0.3) is 0 Å². The topological polar surface area (TPSA) is 93.1 Å². The third-order valence-corrected chi connectivity index (χ3v) is 12.9. The summed E-state index contributed by atoms with van der Waals surface area (Å²) in [5, 5.41) is 22.3. The molecule has 212 valence electrons. The zero-order chi connectivity index (χ0) is 28.1. The molecule has 3 saturated carbocycles. The standard InChI is InChI=1S/C32H48O6/c1-27(2)13-15-32(26(36)38-8)16-14-29(4)19(20(32)17-27)9-10-22-28(3)18-21(33)24(34)31(6,25(35)37-7)23(28)11-12-30(22,29)5/h9,17,21-24,33-34H,10-16,18H2,1-8H3/t21-,22-,23+,24+,28-,29-,30-,31-,32+/m1/s1. The first kappa shape index (κ1) is 27.9. The van der Waals surface area contributed by atoms with E-state index in [2.05, 4.69) is 46.8 Å². The lowest BCUT2D eigenvalue weighted by molar-refractivity contribution is -0.238. The molecule has 0 heterocycles. The highest BCUT2D eigenvalue weighted by atomic mass is 16.5. The van der Waals surface area contributed by atoms with Gasteiger partial charge in [0.1, 0.15) is 0 Å². The normalized spacial score (nSPS) is 49.2. The predicted molar refractivity (Wildman–Crippen MR) is 145 cm³/mol. The molecular weight excluding hydrogens is 480 g/mol. The average Bonchev–Trinajstić information content (AvgIpc) is 2.86. The lowest BCUT2D eigenvalue weighted by atomic mass is 9.34. The second-order valence-corrected chi connectivity index (χ2v) is 14.9. The van der Waals surface area contributed by atoms with Gasteiger partial charge in [-0.1, -0.05) is 46.8 Å². The van der Waals surface area contributed by atoms with Crippen LogP contribution in [0.3, 0.4) is 0 Å². The van der Waals surface area contributed by atoms with Crippen molar-refractivity contribution in [2.24, 2.45) is 44.3 Å². The molecule has 38 heavy (non-hydrogen) atoms. The lowest BCUT2D eigenvalue weighted by Crippen LogP contribution is -2.68. The maximum absolute atomic E-state index is 13.4. The molecule has 0 aromatic heterocycles. The molecule has 0 radical (unpaired) electrons. The van der Waals surface area contributed by atoms with E-state index in [9.17, 15) is 19.8 Å². The van der Waals surface area contributed by atoms with Gasteiger partial charge in [0.2, 0.25) is 0 Å². The molecule has 5 rings (SSSR count). The van der Waals surface area contributed by atoms with E-state index in [1.165, 1.54) is 25.4 Å². The van der Waals surface area contributed by atoms with Crippen molar-refractivity contribution in [2.45, 2.75) is 105 Å². The van der Waals surface area contributed by atoms with Crippen LogP contribution in [0, 0.1) is 44.3 Å². The first-order valence-electron chi connectivity index (χ1n) is 14.5. The van der Waals surface area contributed by atoms with Gasteiger partial charge in [-0.25, -0.2) is 0 Å². The van der Waals surface area contributed by atoms with Gasteiger partial charge in [-0.15, -0.1) is 0 Å². The molecule has 0 aromatic carbocycles. The maximum atomic E-state index is 13.4. The Morgan fingerprint density at radius 1 is 0.842 bits per heavy atom. The number of ether oxygens (including phenoxy) is 2. The number of rotatable bonds is 2. The van der Waals surface area contributed by atoms with E-state index in [0.717, 1.165) is 44.9 Å². The molecule has 6 heteroatoms. The molecule has 6 nitrogen and oxygen atoms in total. The third kappa shape index (κ3) is 3.25. The minimum atomic E-state index is -1.16. The van der Waals surface area contributed by atoms with Gasteiger partial charge in [-0.3, -0.25) is 9.59 Å². The summed E-state index contributed by atoms with van der Waals surface area (Å²) in [4.78, 5) is 26.5. The maximum Gasteiger partial charge on any atom is 0.316 e. The molecule has 5 aliphatic carbocycles. The number of esters is 2. The summed E-state index contributed by atoms with van der Waals surface area (Å²) < 4.78 is 10.6. The van der Waals surface area contributed by atoms with E-state index < -0.39 is 29.0 Å². The van der Waals surface area contributed by atoms with Crippen molar-refractivity contribution >= 4 is 11.9 Å². The first-order chi connectivity index (χ1) is 17.6. The van der Waals surface area contributed by atoms with Crippen LogP contribution in [0.1, 0.15) is 92.9 Å². The summed E-state index contributed by atoms with van der Waals surface area (Å²) in [5.41, 5.74) is 0.185. The van der Waals surface area contributed by atoms with E-state index in [4.69, 9.17) is 9.47 Å². The van der Waals surface area contributed by atoms with Crippen LogP contribution in [0.15, 0.2) is 23.3 Å². The van der Waals surface area contributed by atoms with Gasteiger partial charge in [0.05, 0.1) is 37.3 Å². The lowest BCUT2D eigenvalue weighted by Gasteiger charge is -2.70. The highest BCUT2D eigenvalue weighted by molar-refractivity contribution is 5.84. The molecule has 5 aliphatic rings. The van der Waals surface area contributed by atoms with Crippen LogP contribution in [-0.4, -0.2) is 48.6 Å². The summed E-state index contributed by atoms with van der Waals surface area (Å²) >= 11 is 0. The highest BCUT2D eigenvalue weighted by Gasteiger charge is 2.71.